The highest BCUT2D eigenvalue weighted by atomic mass is 16.1. The van der Waals surface area contributed by atoms with Gasteiger partial charge in [-0.25, -0.2) is 4.68 Å². The van der Waals surface area contributed by atoms with Crippen LogP contribution < -0.4 is 11.1 Å². The molecule has 1 aromatic heterocycles. The lowest BCUT2D eigenvalue weighted by atomic mass is 10.2. The van der Waals surface area contributed by atoms with Gasteiger partial charge in [-0.3, -0.25) is 4.79 Å². The van der Waals surface area contributed by atoms with Crippen LogP contribution in [-0.4, -0.2) is 21.7 Å². The first-order chi connectivity index (χ1) is 10.6. The lowest BCUT2D eigenvalue weighted by Crippen LogP contribution is -2.29. The highest BCUT2D eigenvalue weighted by Crippen LogP contribution is 2.27. The van der Waals surface area contributed by atoms with E-state index in [0.717, 1.165) is 30.6 Å². The van der Waals surface area contributed by atoms with Crippen molar-refractivity contribution < 1.29 is 4.79 Å². The molecular weight excluding hydrogens is 276 g/mol. The molecule has 0 radical (unpaired) electrons. The van der Waals surface area contributed by atoms with Crippen LogP contribution in [0, 0.1) is 0 Å². The standard InChI is InChI=1S/C17H22N4O/c1-12(18)10-17(22)19-11-15-14-8-5-9-16(14)21(20-15)13-6-3-2-4-7-13/h2-4,6-7,12H,5,8-11,18H2,1H3,(H,19,22). The number of nitrogens with one attached hydrogen (secondary N) is 1. The summed E-state index contributed by atoms with van der Waals surface area (Å²) in [5.74, 6) is -0.0176. The second-order valence-electron chi connectivity index (χ2n) is 5.93. The van der Waals surface area contributed by atoms with Crippen molar-refractivity contribution in [2.24, 2.45) is 5.73 Å². The van der Waals surface area contributed by atoms with Gasteiger partial charge >= 0.3 is 0 Å². The quantitative estimate of drug-likeness (QED) is 0.882. The Morgan fingerprint density at radius 2 is 2.14 bits per heavy atom. The maximum atomic E-state index is 11.8. The second-order valence-corrected chi connectivity index (χ2v) is 5.93. The molecule has 1 atom stereocenters. The van der Waals surface area contributed by atoms with E-state index in [1.807, 2.05) is 29.8 Å². The summed E-state index contributed by atoms with van der Waals surface area (Å²) >= 11 is 0. The topological polar surface area (TPSA) is 72.9 Å². The normalized spacial score (nSPS) is 14.6. The molecule has 3 rings (SSSR count). The number of aromatic nitrogens is 2. The Morgan fingerprint density at radius 3 is 2.86 bits per heavy atom. The third kappa shape index (κ3) is 3.04. The number of amides is 1. The van der Waals surface area contributed by atoms with Crippen LogP contribution in [0.15, 0.2) is 30.3 Å². The molecule has 0 bridgehead atoms. The summed E-state index contributed by atoms with van der Waals surface area (Å²) in [6, 6.07) is 10.0. The first kappa shape index (κ1) is 14.8. The van der Waals surface area contributed by atoms with E-state index in [1.54, 1.807) is 0 Å². The van der Waals surface area contributed by atoms with E-state index in [2.05, 4.69) is 17.4 Å². The zero-order valence-electron chi connectivity index (χ0n) is 12.9. The fourth-order valence-electron chi connectivity index (χ4n) is 2.99. The van der Waals surface area contributed by atoms with Gasteiger partial charge in [-0.05, 0) is 43.9 Å². The lowest BCUT2D eigenvalue weighted by molar-refractivity contribution is -0.121. The fourth-order valence-corrected chi connectivity index (χ4v) is 2.99. The average Bonchev–Trinajstić information content (AvgIpc) is 3.08. The molecule has 5 heteroatoms. The van der Waals surface area contributed by atoms with Crippen LogP contribution in [0.5, 0.6) is 0 Å². The molecule has 0 saturated heterocycles. The molecule has 0 spiro atoms. The molecule has 1 aliphatic rings. The summed E-state index contributed by atoms with van der Waals surface area (Å²) in [6.07, 6.45) is 3.59. The monoisotopic (exact) mass is 298 g/mol. The maximum Gasteiger partial charge on any atom is 0.221 e. The van der Waals surface area contributed by atoms with Gasteiger partial charge in [0.25, 0.3) is 0 Å². The Morgan fingerprint density at radius 1 is 1.36 bits per heavy atom. The summed E-state index contributed by atoms with van der Waals surface area (Å²) in [6.45, 7) is 2.31. The fraction of sp³-hybridized carbons (Fsp3) is 0.412. The Hall–Kier alpha value is -2.14. The molecule has 3 N–H and O–H groups in total. The van der Waals surface area contributed by atoms with Gasteiger partial charge in [0.15, 0.2) is 0 Å². The molecule has 2 aromatic rings. The number of hydrogen-bond donors (Lipinski definition) is 2. The Balaban J connectivity index is 1.80. The lowest BCUT2D eigenvalue weighted by Gasteiger charge is -2.07. The van der Waals surface area contributed by atoms with Crippen molar-refractivity contribution in [1.29, 1.82) is 0 Å². The van der Waals surface area contributed by atoms with Crippen molar-refractivity contribution in [1.82, 2.24) is 15.1 Å². The first-order valence-electron chi connectivity index (χ1n) is 7.82. The number of carbonyl (C=O) groups excluding carboxylic acids is 1. The van der Waals surface area contributed by atoms with Gasteiger partial charge in [0.2, 0.25) is 5.91 Å². The van der Waals surface area contributed by atoms with E-state index >= 15 is 0 Å². The largest absolute Gasteiger partial charge is 0.350 e. The minimum absolute atomic E-state index is 0.0176. The Kier molecular flexibility index (Phi) is 4.24. The maximum absolute atomic E-state index is 11.8. The molecule has 1 heterocycles. The number of para-hydroxylation sites is 1. The van der Waals surface area contributed by atoms with E-state index in [-0.39, 0.29) is 11.9 Å². The predicted molar refractivity (Wildman–Crippen MR) is 85.7 cm³/mol. The molecule has 1 aliphatic carbocycles. The second kappa shape index (κ2) is 6.32. The average molecular weight is 298 g/mol. The first-order valence-corrected chi connectivity index (χ1v) is 7.82. The molecule has 0 fully saturated rings. The zero-order chi connectivity index (χ0) is 15.5. The van der Waals surface area contributed by atoms with Gasteiger partial charge in [0.1, 0.15) is 0 Å². The minimum Gasteiger partial charge on any atom is -0.350 e. The number of benzene rings is 1. The van der Waals surface area contributed by atoms with Gasteiger partial charge in [0, 0.05) is 18.2 Å². The Bertz CT molecular complexity index is 661. The van der Waals surface area contributed by atoms with E-state index in [1.165, 1.54) is 11.3 Å². The molecule has 22 heavy (non-hydrogen) atoms. The van der Waals surface area contributed by atoms with Crippen LogP contribution in [0.3, 0.4) is 0 Å². The number of fused-ring (bicyclic) bond motifs is 1. The highest BCUT2D eigenvalue weighted by molar-refractivity contribution is 5.76. The van der Waals surface area contributed by atoms with Gasteiger partial charge in [-0.2, -0.15) is 5.10 Å². The number of hydrogen-bond acceptors (Lipinski definition) is 3. The van der Waals surface area contributed by atoms with Crippen LogP contribution in [0.1, 0.15) is 36.7 Å². The van der Waals surface area contributed by atoms with Gasteiger partial charge in [0.05, 0.1) is 17.9 Å². The molecular formula is C17H22N4O. The molecule has 5 nitrogen and oxygen atoms in total. The number of nitrogens with zero attached hydrogens (tertiary/aromatic N) is 2. The van der Waals surface area contributed by atoms with Crippen molar-refractivity contribution >= 4 is 5.91 Å². The SMILES string of the molecule is CC(N)CC(=O)NCc1nn(-c2ccccc2)c2c1CCC2. The number of carbonyl (C=O) groups is 1. The molecule has 1 aromatic carbocycles. The summed E-state index contributed by atoms with van der Waals surface area (Å²) in [4.78, 5) is 11.8. The van der Waals surface area contributed by atoms with Crippen LogP contribution in [0.25, 0.3) is 5.69 Å². The predicted octanol–water partition coefficient (Wildman–Crippen LogP) is 1.71. The van der Waals surface area contributed by atoms with Crippen LogP contribution in [-0.2, 0) is 24.2 Å². The van der Waals surface area contributed by atoms with E-state index < -0.39 is 0 Å². The third-order valence-electron chi connectivity index (χ3n) is 3.97. The van der Waals surface area contributed by atoms with Crippen LogP contribution in [0.2, 0.25) is 0 Å². The molecule has 1 unspecified atom stereocenters. The summed E-state index contributed by atoms with van der Waals surface area (Å²) in [5.41, 5.74) is 10.3. The smallest absolute Gasteiger partial charge is 0.221 e. The number of rotatable bonds is 5. The zero-order valence-corrected chi connectivity index (χ0v) is 12.9. The van der Waals surface area contributed by atoms with Crippen molar-refractivity contribution in [2.75, 3.05) is 0 Å². The van der Waals surface area contributed by atoms with Gasteiger partial charge < -0.3 is 11.1 Å². The Labute approximate surface area is 130 Å². The summed E-state index contributed by atoms with van der Waals surface area (Å²) in [5, 5.41) is 7.65. The van der Waals surface area contributed by atoms with E-state index in [0.29, 0.717) is 13.0 Å². The summed E-state index contributed by atoms with van der Waals surface area (Å²) in [7, 11) is 0. The van der Waals surface area contributed by atoms with E-state index in [4.69, 9.17) is 10.8 Å². The molecule has 0 saturated carbocycles. The van der Waals surface area contributed by atoms with Crippen LogP contribution >= 0.6 is 0 Å². The molecule has 116 valence electrons. The van der Waals surface area contributed by atoms with E-state index in [9.17, 15) is 4.79 Å². The van der Waals surface area contributed by atoms with Crippen molar-refractivity contribution in [3.05, 3.63) is 47.3 Å². The van der Waals surface area contributed by atoms with Crippen molar-refractivity contribution in [2.45, 2.75) is 45.2 Å². The third-order valence-corrected chi connectivity index (χ3v) is 3.97. The molecule has 1 amide bonds. The van der Waals surface area contributed by atoms with Gasteiger partial charge in [-0.15, -0.1) is 0 Å². The minimum atomic E-state index is -0.118. The van der Waals surface area contributed by atoms with Crippen molar-refractivity contribution in [3.8, 4) is 5.69 Å². The van der Waals surface area contributed by atoms with Crippen molar-refractivity contribution in [3.63, 3.8) is 0 Å². The van der Waals surface area contributed by atoms with Gasteiger partial charge in [-0.1, -0.05) is 18.2 Å². The molecule has 0 aliphatic heterocycles. The highest BCUT2D eigenvalue weighted by Gasteiger charge is 2.23. The van der Waals surface area contributed by atoms with Crippen LogP contribution in [0.4, 0.5) is 0 Å². The number of nitrogens with two attached hydrogens (primary N) is 1. The summed E-state index contributed by atoms with van der Waals surface area (Å²) < 4.78 is 2.02.